The summed E-state index contributed by atoms with van der Waals surface area (Å²) in [7, 11) is 0. The minimum absolute atomic E-state index is 0.0215. The van der Waals surface area contributed by atoms with E-state index in [9.17, 15) is 13.6 Å². The maximum Gasteiger partial charge on any atom is 0.224 e. The number of nitrogens with two attached hydrogens (primary N) is 1. The lowest BCUT2D eigenvalue weighted by Gasteiger charge is -2.03. The van der Waals surface area contributed by atoms with Crippen molar-refractivity contribution in [1.29, 1.82) is 0 Å². The molecule has 0 spiro atoms. The highest BCUT2D eigenvalue weighted by Gasteiger charge is 2.06. The molecule has 0 bridgehead atoms. The zero-order chi connectivity index (χ0) is 12.7. The van der Waals surface area contributed by atoms with Crippen molar-refractivity contribution in [2.24, 2.45) is 5.73 Å². The highest BCUT2D eigenvalue weighted by atomic mass is 19.2. The van der Waals surface area contributed by atoms with Crippen LogP contribution in [0.5, 0.6) is 0 Å². The van der Waals surface area contributed by atoms with Crippen molar-refractivity contribution in [1.82, 2.24) is 5.32 Å². The summed E-state index contributed by atoms with van der Waals surface area (Å²) in [5.41, 5.74) is 5.66. The lowest BCUT2D eigenvalue weighted by molar-refractivity contribution is -0.120. The van der Waals surface area contributed by atoms with Crippen LogP contribution in [-0.2, 0) is 11.2 Å². The summed E-state index contributed by atoms with van der Waals surface area (Å²) in [5, 5.41) is 2.60. The Bertz CT molecular complexity index is 419. The Morgan fingerprint density at radius 2 is 2.06 bits per heavy atom. The van der Waals surface area contributed by atoms with Crippen molar-refractivity contribution >= 4 is 5.91 Å². The number of carbonyl (C=O) groups is 1. The fourth-order valence-corrected chi connectivity index (χ4v) is 1.25. The van der Waals surface area contributed by atoms with Gasteiger partial charge in [-0.05, 0) is 17.7 Å². The number of rotatable bonds is 5. The Morgan fingerprint density at radius 3 is 2.71 bits per heavy atom. The highest BCUT2D eigenvalue weighted by molar-refractivity contribution is 5.78. The van der Waals surface area contributed by atoms with Crippen LogP contribution in [0.15, 0.2) is 30.4 Å². The van der Waals surface area contributed by atoms with Gasteiger partial charge in [0.15, 0.2) is 11.6 Å². The molecule has 0 aromatic heterocycles. The second kappa shape index (κ2) is 6.75. The third-order valence-corrected chi connectivity index (χ3v) is 2.07. The topological polar surface area (TPSA) is 55.1 Å². The van der Waals surface area contributed by atoms with Gasteiger partial charge in [-0.15, -0.1) is 0 Å². The quantitative estimate of drug-likeness (QED) is 0.758. The first kappa shape index (κ1) is 13.3. The van der Waals surface area contributed by atoms with Crippen LogP contribution in [0.2, 0.25) is 0 Å². The molecule has 1 amide bonds. The van der Waals surface area contributed by atoms with Crippen LogP contribution < -0.4 is 11.1 Å². The number of hydrogen-bond acceptors (Lipinski definition) is 2. The molecule has 0 unspecified atom stereocenters. The third kappa shape index (κ3) is 4.74. The van der Waals surface area contributed by atoms with Crippen molar-refractivity contribution in [3.63, 3.8) is 0 Å². The number of hydrogen-bond donors (Lipinski definition) is 2. The van der Waals surface area contributed by atoms with E-state index in [2.05, 4.69) is 5.32 Å². The monoisotopic (exact) mass is 240 g/mol. The maximum atomic E-state index is 12.9. The van der Waals surface area contributed by atoms with Gasteiger partial charge in [0.05, 0.1) is 6.42 Å². The van der Waals surface area contributed by atoms with Crippen LogP contribution in [0, 0.1) is 11.6 Å². The molecule has 0 fully saturated rings. The fourth-order valence-electron chi connectivity index (χ4n) is 1.25. The smallest absolute Gasteiger partial charge is 0.224 e. The molecular formula is C12H14F2N2O. The van der Waals surface area contributed by atoms with Gasteiger partial charge in [0.2, 0.25) is 5.91 Å². The number of amides is 1. The van der Waals surface area contributed by atoms with Crippen LogP contribution >= 0.6 is 0 Å². The van der Waals surface area contributed by atoms with Gasteiger partial charge in [-0.25, -0.2) is 8.78 Å². The van der Waals surface area contributed by atoms with E-state index in [1.807, 2.05) is 0 Å². The molecule has 0 aliphatic heterocycles. The van der Waals surface area contributed by atoms with Gasteiger partial charge in [0.1, 0.15) is 0 Å². The van der Waals surface area contributed by atoms with Gasteiger partial charge in [-0.3, -0.25) is 4.79 Å². The molecule has 0 saturated carbocycles. The first-order valence-corrected chi connectivity index (χ1v) is 5.19. The Balaban J connectivity index is 2.45. The molecule has 0 aliphatic rings. The van der Waals surface area contributed by atoms with Gasteiger partial charge in [0, 0.05) is 13.1 Å². The molecule has 0 atom stereocenters. The molecular weight excluding hydrogens is 226 g/mol. The molecule has 0 saturated heterocycles. The number of halogens is 2. The molecule has 1 aromatic carbocycles. The van der Waals surface area contributed by atoms with Crippen molar-refractivity contribution in [3.05, 3.63) is 47.5 Å². The summed E-state index contributed by atoms with van der Waals surface area (Å²) < 4.78 is 25.5. The largest absolute Gasteiger partial charge is 0.352 e. The van der Waals surface area contributed by atoms with E-state index in [-0.39, 0.29) is 12.3 Å². The van der Waals surface area contributed by atoms with Crippen LogP contribution in [0.4, 0.5) is 8.78 Å². The number of benzene rings is 1. The molecule has 0 radical (unpaired) electrons. The molecule has 1 aromatic rings. The van der Waals surface area contributed by atoms with Crippen molar-refractivity contribution in [3.8, 4) is 0 Å². The zero-order valence-corrected chi connectivity index (χ0v) is 9.25. The molecule has 5 heteroatoms. The summed E-state index contributed by atoms with van der Waals surface area (Å²) >= 11 is 0. The molecule has 3 N–H and O–H groups in total. The predicted octanol–water partition coefficient (Wildman–Crippen LogP) is 1.14. The fraction of sp³-hybridized carbons (Fsp3) is 0.250. The van der Waals surface area contributed by atoms with E-state index in [4.69, 9.17) is 5.73 Å². The van der Waals surface area contributed by atoms with E-state index in [1.54, 1.807) is 12.2 Å². The van der Waals surface area contributed by atoms with E-state index >= 15 is 0 Å². The van der Waals surface area contributed by atoms with Gasteiger partial charge in [0.25, 0.3) is 0 Å². The van der Waals surface area contributed by atoms with Gasteiger partial charge < -0.3 is 11.1 Å². The number of carbonyl (C=O) groups excluding carboxylic acids is 1. The lowest BCUT2D eigenvalue weighted by Crippen LogP contribution is -2.25. The zero-order valence-electron chi connectivity index (χ0n) is 9.25. The molecule has 17 heavy (non-hydrogen) atoms. The van der Waals surface area contributed by atoms with E-state index in [0.29, 0.717) is 18.7 Å². The normalized spacial score (nSPS) is 10.8. The third-order valence-electron chi connectivity index (χ3n) is 2.07. The molecule has 1 rings (SSSR count). The van der Waals surface area contributed by atoms with E-state index in [0.717, 1.165) is 12.1 Å². The Labute approximate surface area is 98.3 Å². The Hall–Kier alpha value is -1.75. The maximum absolute atomic E-state index is 12.9. The van der Waals surface area contributed by atoms with E-state index in [1.165, 1.54) is 6.07 Å². The van der Waals surface area contributed by atoms with Gasteiger partial charge in [-0.2, -0.15) is 0 Å². The van der Waals surface area contributed by atoms with Crippen molar-refractivity contribution in [2.45, 2.75) is 6.42 Å². The van der Waals surface area contributed by atoms with Crippen LogP contribution in [0.3, 0.4) is 0 Å². The van der Waals surface area contributed by atoms with Crippen LogP contribution in [-0.4, -0.2) is 19.0 Å². The number of nitrogens with one attached hydrogen (secondary N) is 1. The summed E-state index contributed by atoms with van der Waals surface area (Å²) in [4.78, 5) is 11.4. The summed E-state index contributed by atoms with van der Waals surface area (Å²) in [6, 6.07) is 3.41. The standard InChI is InChI=1S/C12H14F2N2O/c13-10-4-3-9(7-11(10)14)8-12(17)16-6-2-1-5-15/h1-4,7H,5-6,8,15H2,(H,16,17)/b2-1+. The Morgan fingerprint density at radius 1 is 1.29 bits per heavy atom. The van der Waals surface area contributed by atoms with Crippen LogP contribution in [0.25, 0.3) is 0 Å². The minimum Gasteiger partial charge on any atom is -0.352 e. The molecule has 0 aliphatic carbocycles. The van der Waals surface area contributed by atoms with Crippen molar-refractivity contribution in [2.75, 3.05) is 13.1 Å². The summed E-state index contributed by atoms with van der Waals surface area (Å²) in [6.07, 6.45) is 3.47. The molecule has 92 valence electrons. The average molecular weight is 240 g/mol. The first-order valence-electron chi connectivity index (χ1n) is 5.19. The lowest BCUT2D eigenvalue weighted by atomic mass is 10.1. The minimum atomic E-state index is -0.946. The average Bonchev–Trinajstić information content (AvgIpc) is 2.30. The summed E-state index contributed by atoms with van der Waals surface area (Å²) in [6.45, 7) is 0.790. The van der Waals surface area contributed by atoms with Crippen LogP contribution in [0.1, 0.15) is 5.56 Å². The second-order valence-corrected chi connectivity index (χ2v) is 3.44. The summed E-state index contributed by atoms with van der Waals surface area (Å²) in [5.74, 6) is -2.11. The molecule has 3 nitrogen and oxygen atoms in total. The Kier molecular flexibility index (Phi) is 5.29. The second-order valence-electron chi connectivity index (χ2n) is 3.44. The van der Waals surface area contributed by atoms with Crippen molar-refractivity contribution < 1.29 is 13.6 Å². The predicted molar refractivity (Wildman–Crippen MR) is 61.3 cm³/mol. The highest BCUT2D eigenvalue weighted by Crippen LogP contribution is 2.08. The van der Waals surface area contributed by atoms with E-state index < -0.39 is 11.6 Å². The molecule has 0 heterocycles. The van der Waals surface area contributed by atoms with Gasteiger partial charge in [-0.1, -0.05) is 18.2 Å². The SMILES string of the molecule is NC/C=C/CNC(=O)Cc1ccc(F)c(F)c1. The first-order chi connectivity index (χ1) is 8.13. The van der Waals surface area contributed by atoms with Gasteiger partial charge >= 0.3 is 0 Å².